The molecule has 0 aromatic heterocycles. The summed E-state index contributed by atoms with van der Waals surface area (Å²) in [6.07, 6.45) is 0. The van der Waals surface area contributed by atoms with Gasteiger partial charge in [0.15, 0.2) is 0 Å². The molecule has 2 nitrogen and oxygen atoms in total. The van der Waals surface area contributed by atoms with Gasteiger partial charge in [-0.15, -0.1) is 11.8 Å². The summed E-state index contributed by atoms with van der Waals surface area (Å²) in [5.74, 6) is 0.0197. The van der Waals surface area contributed by atoms with E-state index >= 15 is 0 Å². The zero-order valence-corrected chi connectivity index (χ0v) is 13.8. The fraction of sp³-hybridized carbons (Fsp3) is 0.278. The van der Waals surface area contributed by atoms with E-state index in [-0.39, 0.29) is 17.0 Å². The summed E-state index contributed by atoms with van der Waals surface area (Å²) in [5.41, 5.74) is 1.98. The van der Waals surface area contributed by atoms with Crippen LogP contribution in [0.2, 0.25) is 0 Å². The highest BCUT2D eigenvalue weighted by Crippen LogP contribution is 2.27. The summed E-state index contributed by atoms with van der Waals surface area (Å²) in [6.45, 7) is 6.05. The number of rotatable bonds is 5. The average Bonchev–Trinajstić information content (AvgIpc) is 2.49. The largest absolute Gasteiger partial charge is 0.325 e. The van der Waals surface area contributed by atoms with Crippen LogP contribution in [0.4, 0.5) is 10.1 Å². The molecular formula is C18H20FNOS. The number of nitrogens with one attached hydrogen (secondary N) is 1. The lowest BCUT2D eigenvalue weighted by atomic mass is 10.0. The number of amides is 1. The molecule has 2 rings (SSSR count). The van der Waals surface area contributed by atoms with Crippen molar-refractivity contribution in [1.29, 1.82) is 0 Å². The van der Waals surface area contributed by atoms with E-state index in [9.17, 15) is 9.18 Å². The zero-order chi connectivity index (χ0) is 16.1. The van der Waals surface area contributed by atoms with Gasteiger partial charge in [-0.05, 0) is 48.7 Å². The van der Waals surface area contributed by atoms with Gasteiger partial charge in [0.05, 0.1) is 5.25 Å². The van der Waals surface area contributed by atoms with Gasteiger partial charge in [-0.25, -0.2) is 4.39 Å². The number of halogens is 1. The maximum atomic E-state index is 12.9. The van der Waals surface area contributed by atoms with Crippen molar-refractivity contribution in [1.82, 2.24) is 0 Å². The third kappa shape index (κ3) is 4.34. The van der Waals surface area contributed by atoms with E-state index in [0.717, 1.165) is 16.1 Å². The van der Waals surface area contributed by atoms with Crippen LogP contribution in [0.15, 0.2) is 53.4 Å². The van der Waals surface area contributed by atoms with Crippen LogP contribution in [0.5, 0.6) is 0 Å². The first-order chi connectivity index (χ1) is 10.5. The standard InChI is InChI=1S/C18H20FNOS/c1-12(2)16-6-4-5-7-17(16)20-18(21)13(3)22-15-10-8-14(19)9-11-15/h4-13H,1-3H3,(H,20,21)/t13-/m1/s1. The lowest BCUT2D eigenvalue weighted by Crippen LogP contribution is -2.23. The summed E-state index contributed by atoms with van der Waals surface area (Å²) >= 11 is 1.42. The smallest absolute Gasteiger partial charge is 0.237 e. The van der Waals surface area contributed by atoms with Gasteiger partial charge >= 0.3 is 0 Å². The second-order valence-corrected chi connectivity index (χ2v) is 6.86. The number of carbonyl (C=O) groups excluding carboxylic acids is 1. The number of thioether (sulfide) groups is 1. The molecule has 0 unspecified atom stereocenters. The molecule has 0 aliphatic rings. The first-order valence-electron chi connectivity index (χ1n) is 7.29. The summed E-state index contributed by atoms with van der Waals surface area (Å²) < 4.78 is 12.9. The second-order valence-electron chi connectivity index (χ2n) is 5.45. The summed E-state index contributed by atoms with van der Waals surface area (Å²) in [5, 5.41) is 2.73. The minimum absolute atomic E-state index is 0.0533. The molecule has 2 aromatic rings. The van der Waals surface area contributed by atoms with Crippen molar-refractivity contribution in [3.63, 3.8) is 0 Å². The molecule has 4 heteroatoms. The predicted octanol–water partition coefficient (Wildman–Crippen LogP) is 5.07. The van der Waals surface area contributed by atoms with E-state index in [1.807, 2.05) is 31.2 Å². The Hall–Kier alpha value is -1.81. The normalized spacial score (nSPS) is 12.2. The van der Waals surface area contributed by atoms with Crippen molar-refractivity contribution in [2.45, 2.75) is 36.8 Å². The van der Waals surface area contributed by atoms with Gasteiger partial charge in [0, 0.05) is 10.6 Å². The van der Waals surface area contributed by atoms with E-state index < -0.39 is 0 Å². The fourth-order valence-corrected chi connectivity index (χ4v) is 2.99. The lowest BCUT2D eigenvalue weighted by molar-refractivity contribution is -0.115. The van der Waals surface area contributed by atoms with Crippen molar-refractivity contribution in [2.24, 2.45) is 0 Å². The molecule has 0 saturated heterocycles. The third-order valence-corrected chi connectivity index (χ3v) is 4.45. The molecule has 0 heterocycles. The number of para-hydroxylation sites is 1. The summed E-state index contributed by atoms with van der Waals surface area (Å²) in [4.78, 5) is 13.2. The van der Waals surface area contributed by atoms with Gasteiger partial charge < -0.3 is 5.32 Å². The Kier molecular flexibility index (Phi) is 5.61. The molecule has 0 aliphatic carbocycles. The van der Waals surface area contributed by atoms with E-state index in [1.54, 1.807) is 12.1 Å². The molecule has 1 N–H and O–H groups in total. The number of benzene rings is 2. The van der Waals surface area contributed by atoms with Crippen LogP contribution in [0.25, 0.3) is 0 Å². The van der Waals surface area contributed by atoms with Crippen molar-refractivity contribution in [3.05, 3.63) is 59.9 Å². The molecule has 22 heavy (non-hydrogen) atoms. The SMILES string of the molecule is CC(C)c1ccccc1NC(=O)[C@@H](C)Sc1ccc(F)cc1. The molecule has 1 atom stereocenters. The van der Waals surface area contributed by atoms with Crippen molar-refractivity contribution in [3.8, 4) is 0 Å². The van der Waals surface area contributed by atoms with Gasteiger partial charge in [0.2, 0.25) is 5.91 Å². The van der Waals surface area contributed by atoms with E-state index in [4.69, 9.17) is 0 Å². The molecule has 0 spiro atoms. The number of hydrogen-bond acceptors (Lipinski definition) is 2. The third-order valence-electron chi connectivity index (χ3n) is 3.34. The molecular weight excluding hydrogens is 297 g/mol. The Labute approximate surface area is 135 Å². The van der Waals surface area contributed by atoms with E-state index in [1.165, 1.54) is 23.9 Å². The zero-order valence-electron chi connectivity index (χ0n) is 13.0. The van der Waals surface area contributed by atoms with Gasteiger partial charge in [-0.3, -0.25) is 4.79 Å². The second kappa shape index (κ2) is 7.45. The highest BCUT2D eigenvalue weighted by molar-refractivity contribution is 8.00. The maximum absolute atomic E-state index is 12.9. The molecule has 0 radical (unpaired) electrons. The Morgan fingerprint density at radius 2 is 1.68 bits per heavy atom. The monoisotopic (exact) mass is 317 g/mol. The van der Waals surface area contributed by atoms with Crippen LogP contribution in [0.3, 0.4) is 0 Å². The molecule has 1 amide bonds. The van der Waals surface area contributed by atoms with Crippen molar-refractivity contribution in [2.75, 3.05) is 5.32 Å². The summed E-state index contributed by atoms with van der Waals surface area (Å²) in [7, 11) is 0. The fourth-order valence-electron chi connectivity index (χ4n) is 2.12. The Bertz CT molecular complexity index is 640. The molecule has 0 saturated carbocycles. The number of hydrogen-bond donors (Lipinski definition) is 1. The topological polar surface area (TPSA) is 29.1 Å². The van der Waals surface area contributed by atoms with Crippen molar-refractivity contribution >= 4 is 23.4 Å². The van der Waals surface area contributed by atoms with Crippen molar-refractivity contribution < 1.29 is 9.18 Å². The molecule has 0 fully saturated rings. The van der Waals surface area contributed by atoms with Gasteiger partial charge in [-0.1, -0.05) is 32.0 Å². The van der Waals surface area contributed by atoms with E-state index in [2.05, 4.69) is 19.2 Å². The minimum atomic E-state index is -0.271. The van der Waals surface area contributed by atoms with Crippen LogP contribution >= 0.6 is 11.8 Å². The Morgan fingerprint density at radius 3 is 2.32 bits per heavy atom. The number of carbonyl (C=O) groups is 1. The summed E-state index contributed by atoms with van der Waals surface area (Å²) in [6, 6.07) is 14.0. The lowest BCUT2D eigenvalue weighted by Gasteiger charge is -2.16. The first kappa shape index (κ1) is 16.6. The average molecular weight is 317 g/mol. The highest BCUT2D eigenvalue weighted by Gasteiger charge is 2.16. The quantitative estimate of drug-likeness (QED) is 0.780. The predicted molar refractivity (Wildman–Crippen MR) is 90.9 cm³/mol. The van der Waals surface area contributed by atoms with Crippen LogP contribution in [0.1, 0.15) is 32.3 Å². The van der Waals surface area contributed by atoms with E-state index in [0.29, 0.717) is 5.92 Å². The number of anilines is 1. The molecule has 0 aliphatic heterocycles. The first-order valence-corrected chi connectivity index (χ1v) is 8.17. The minimum Gasteiger partial charge on any atom is -0.325 e. The Balaban J connectivity index is 2.04. The van der Waals surface area contributed by atoms with Crippen LogP contribution in [-0.4, -0.2) is 11.2 Å². The molecule has 0 bridgehead atoms. The van der Waals surface area contributed by atoms with Gasteiger partial charge in [-0.2, -0.15) is 0 Å². The Morgan fingerprint density at radius 1 is 1.05 bits per heavy atom. The van der Waals surface area contributed by atoms with Crippen LogP contribution in [0, 0.1) is 5.82 Å². The van der Waals surface area contributed by atoms with Gasteiger partial charge in [0.1, 0.15) is 5.82 Å². The highest BCUT2D eigenvalue weighted by atomic mass is 32.2. The van der Waals surface area contributed by atoms with Gasteiger partial charge in [0.25, 0.3) is 0 Å². The molecule has 116 valence electrons. The maximum Gasteiger partial charge on any atom is 0.237 e. The van der Waals surface area contributed by atoms with Crippen LogP contribution < -0.4 is 5.32 Å². The molecule has 2 aromatic carbocycles. The van der Waals surface area contributed by atoms with Crippen LogP contribution in [-0.2, 0) is 4.79 Å².